The van der Waals surface area contributed by atoms with Crippen LogP contribution in [0.15, 0.2) is 23.3 Å². The van der Waals surface area contributed by atoms with Gasteiger partial charge in [0.2, 0.25) is 0 Å². The highest BCUT2D eigenvalue weighted by Gasteiger charge is 2.15. The Kier molecular flexibility index (Phi) is 9.39. The Hall–Kier alpha value is -1.82. The Bertz CT molecular complexity index is 566. The topological polar surface area (TPSA) is 55.8 Å². The molecule has 2 rings (SSSR count). The standard InChI is InChI=1S/C21H38N6/c1-5-6-7-8-9-18(2)25-21(22-3)24-17-19-10-11-23-20(16-19)27-14-12-26(4)13-15-27/h10-11,16,18H,5-9,12-15,17H2,1-4H3,(H2,22,24,25). The van der Waals surface area contributed by atoms with E-state index in [4.69, 9.17) is 0 Å². The molecule has 2 N–H and O–H groups in total. The zero-order valence-electron chi connectivity index (χ0n) is 17.7. The number of hydrogen-bond donors (Lipinski definition) is 2. The number of nitrogens with zero attached hydrogens (tertiary/aromatic N) is 4. The van der Waals surface area contributed by atoms with Gasteiger partial charge >= 0.3 is 0 Å². The fourth-order valence-electron chi connectivity index (χ4n) is 3.34. The SMILES string of the molecule is CCCCCCC(C)NC(=NC)NCc1ccnc(N2CCN(C)CC2)c1. The molecule has 6 nitrogen and oxygen atoms in total. The molecule has 152 valence electrons. The summed E-state index contributed by atoms with van der Waals surface area (Å²) in [4.78, 5) is 13.7. The molecule has 1 saturated heterocycles. The number of unbranched alkanes of at least 4 members (excludes halogenated alkanes) is 3. The van der Waals surface area contributed by atoms with Crippen LogP contribution in [-0.2, 0) is 6.54 Å². The Morgan fingerprint density at radius 2 is 2.00 bits per heavy atom. The molecule has 0 bridgehead atoms. The number of nitrogens with one attached hydrogen (secondary N) is 2. The smallest absolute Gasteiger partial charge is 0.191 e. The summed E-state index contributed by atoms with van der Waals surface area (Å²) in [5.74, 6) is 1.95. The maximum absolute atomic E-state index is 4.57. The van der Waals surface area contributed by atoms with Crippen LogP contribution in [0.4, 0.5) is 5.82 Å². The van der Waals surface area contributed by atoms with Crippen LogP contribution in [0, 0.1) is 0 Å². The van der Waals surface area contributed by atoms with E-state index in [0.29, 0.717) is 6.04 Å². The molecule has 27 heavy (non-hydrogen) atoms. The summed E-state index contributed by atoms with van der Waals surface area (Å²) in [6, 6.07) is 4.71. The first kappa shape index (κ1) is 21.5. The van der Waals surface area contributed by atoms with Gasteiger partial charge in [-0.05, 0) is 38.1 Å². The van der Waals surface area contributed by atoms with E-state index in [0.717, 1.165) is 44.5 Å². The van der Waals surface area contributed by atoms with Crippen LogP contribution in [0.3, 0.4) is 0 Å². The second-order valence-electron chi connectivity index (χ2n) is 7.63. The number of aliphatic imine (C=N–C) groups is 1. The summed E-state index contributed by atoms with van der Waals surface area (Å²) in [5, 5.41) is 6.94. The first-order chi connectivity index (χ1) is 13.1. The van der Waals surface area contributed by atoms with Crippen LogP contribution in [0.1, 0.15) is 51.5 Å². The van der Waals surface area contributed by atoms with Crippen molar-refractivity contribution in [1.82, 2.24) is 20.5 Å². The van der Waals surface area contributed by atoms with E-state index in [1.54, 1.807) is 0 Å². The molecular formula is C21H38N6. The van der Waals surface area contributed by atoms with Crippen molar-refractivity contribution in [2.24, 2.45) is 4.99 Å². The molecule has 1 aliphatic heterocycles. The van der Waals surface area contributed by atoms with Crippen molar-refractivity contribution in [3.63, 3.8) is 0 Å². The van der Waals surface area contributed by atoms with E-state index in [2.05, 4.69) is 63.4 Å². The molecule has 0 radical (unpaired) electrons. The molecule has 1 aliphatic rings. The minimum Gasteiger partial charge on any atom is -0.354 e. The van der Waals surface area contributed by atoms with Crippen molar-refractivity contribution in [3.8, 4) is 0 Å². The van der Waals surface area contributed by atoms with Crippen molar-refractivity contribution in [2.45, 2.75) is 58.5 Å². The lowest BCUT2D eigenvalue weighted by molar-refractivity contribution is 0.312. The van der Waals surface area contributed by atoms with E-state index in [9.17, 15) is 0 Å². The molecule has 0 aliphatic carbocycles. The van der Waals surface area contributed by atoms with E-state index in [1.807, 2.05) is 13.2 Å². The molecule has 1 fully saturated rings. The average molecular weight is 375 g/mol. The van der Waals surface area contributed by atoms with Gasteiger partial charge in [0.05, 0.1) is 0 Å². The second kappa shape index (κ2) is 11.8. The van der Waals surface area contributed by atoms with Gasteiger partial charge in [-0.1, -0.05) is 32.6 Å². The third kappa shape index (κ3) is 7.75. The summed E-state index contributed by atoms with van der Waals surface area (Å²) in [6.45, 7) is 9.51. The zero-order chi connectivity index (χ0) is 19.5. The molecule has 0 saturated carbocycles. The van der Waals surface area contributed by atoms with Crippen LogP contribution in [0.25, 0.3) is 0 Å². The van der Waals surface area contributed by atoms with Crippen LogP contribution >= 0.6 is 0 Å². The zero-order valence-corrected chi connectivity index (χ0v) is 17.7. The quantitative estimate of drug-likeness (QED) is 0.395. The van der Waals surface area contributed by atoms with Crippen molar-refractivity contribution in [1.29, 1.82) is 0 Å². The number of hydrogen-bond acceptors (Lipinski definition) is 4. The summed E-state index contributed by atoms with van der Waals surface area (Å²) in [6.07, 6.45) is 8.31. The van der Waals surface area contributed by atoms with Gasteiger partial charge in [0.15, 0.2) is 5.96 Å². The summed E-state index contributed by atoms with van der Waals surface area (Å²) >= 11 is 0. The monoisotopic (exact) mass is 374 g/mol. The lowest BCUT2D eigenvalue weighted by Gasteiger charge is -2.33. The van der Waals surface area contributed by atoms with Crippen LogP contribution in [0.2, 0.25) is 0 Å². The molecule has 1 unspecified atom stereocenters. The van der Waals surface area contributed by atoms with Crippen molar-refractivity contribution in [3.05, 3.63) is 23.9 Å². The van der Waals surface area contributed by atoms with Gasteiger partial charge in [-0.15, -0.1) is 0 Å². The highest BCUT2D eigenvalue weighted by Crippen LogP contribution is 2.14. The molecule has 1 atom stereocenters. The predicted molar refractivity (Wildman–Crippen MR) is 116 cm³/mol. The Labute approximate surface area is 165 Å². The Balaban J connectivity index is 1.79. The summed E-state index contributed by atoms with van der Waals surface area (Å²) in [7, 11) is 4.01. The summed E-state index contributed by atoms with van der Waals surface area (Å²) < 4.78 is 0. The van der Waals surface area contributed by atoms with Gasteiger partial charge in [-0.3, -0.25) is 4.99 Å². The number of anilines is 1. The number of piperazine rings is 1. The lowest BCUT2D eigenvalue weighted by atomic mass is 10.1. The van der Waals surface area contributed by atoms with E-state index >= 15 is 0 Å². The van der Waals surface area contributed by atoms with Crippen LogP contribution in [-0.4, -0.2) is 62.2 Å². The van der Waals surface area contributed by atoms with Gasteiger partial charge in [0.25, 0.3) is 0 Å². The number of guanidine groups is 1. The second-order valence-corrected chi connectivity index (χ2v) is 7.63. The number of likely N-dealkylation sites (N-methyl/N-ethyl adjacent to an activating group) is 1. The maximum atomic E-state index is 4.57. The van der Waals surface area contributed by atoms with E-state index < -0.39 is 0 Å². The van der Waals surface area contributed by atoms with Gasteiger partial charge in [0.1, 0.15) is 5.82 Å². The highest BCUT2D eigenvalue weighted by molar-refractivity contribution is 5.79. The van der Waals surface area contributed by atoms with Gasteiger partial charge in [0, 0.05) is 52.0 Å². The van der Waals surface area contributed by atoms with Crippen LogP contribution in [0.5, 0.6) is 0 Å². The molecule has 0 amide bonds. The third-order valence-electron chi connectivity index (χ3n) is 5.19. The lowest BCUT2D eigenvalue weighted by Crippen LogP contribution is -2.45. The Morgan fingerprint density at radius 3 is 2.70 bits per heavy atom. The van der Waals surface area contributed by atoms with E-state index in [-0.39, 0.29) is 0 Å². The van der Waals surface area contributed by atoms with Crippen molar-refractivity contribution < 1.29 is 0 Å². The molecule has 0 aromatic carbocycles. The summed E-state index contributed by atoms with van der Waals surface area (Å²) in [5.41, 5.74) is 1.23. The Morgan fingerprint density at radius 1 is 1.22 bits per heavy atom. The average Bonchev–Trinajstić information content (AvgIpc) is 2.69. The first-order valence-electron chi connectivity index (χ1n) is 10.5. The largest absolute Gasteiger partial charge is 0.354 e. The van der Waals surface area contributed by atoms with Gasteiger partial charge < -0.3 is 20.4 Å². The fourth-order valence-corrected chi connectivity index (χ4v) is 3.34. The highest BCUT2D eigenvalue weighted by atomic mass is 15.3. The third-order valence-corrected chi connectivity index (χ3v) is 5.19. The number of pyridine rings is 1. The van der Waals surface area contributed by atoms with Crippen LogP contribution < -0.4 is 15.5 Å². The maximum Gasteiger partial charge on any atom is 0.191 e. The van der Waals surface area contributed by atoms with Gasteiger partial charge in [-0.2, -0.15) is 0 Å². The van der Waals surface area contributed by atoms with E-state index in [1.165, 1.54) is 37.7 Å². The first-order valence-corrected chi connectivity index (χ1v) is 10.5. The minimum absolute atomic E-state index is 0.436. The number of aromatic nitrogens is 1. The molecule has 1 aromatic rings. The number of rotatable bonds is 9. The normalized spacial score (nSPS) is 17.0. The van der Waals surface area contributed by atoms with Crippen molar-refractivity contribution in [2.75, 3.05) is 45.2 Å². The predicted octanol–water partition coefficient (Wildman–Crippen LogP) is 2.86. The molecular weight excluding hydrogens is 336 g/mol. The van der Waals surface area contributed by atoms with Gasteiger partial charge in [-0.25, -0.2) is 4.98 Å². The van der Waals surface area contributed by atoms with Crippen molar-refractivity contribution >= 4 is 11.8 Å². The molecule has 2 heterocycles. The fraction of sp³-hybridized carbons (Fsp3) is 0.714. The molecule has 1 aromatic heterocycles. The molecule has 0 spiro atoms. The molecule has 6 heteroatoms. The minimum atomic E-state index is 0.436.